The Kier molecular flexibility index (Phi) is 8.99. The Morgan fingerprint density at radius 2 is 1.49 bits per heavy atom. The van der Waals surface area contributed by atoms with Crippen molar-refractivity contribution >= 4 is 16.8 Å². The second-order valence-corrected chi connectivity index (χ2v) is 10.2. The molecule has 1 saturated carbocycles. The van der Waals surface area contributed by atoms with Crippen LogP contribution in [0.4, 0.5) is 26.3 Å². The van der Waals surface area contributed by atoms with Gasteiger partial charge in [0.1, 0.15) is 23.3 Å². The van der Waals surface area contributed by atoms with Gasteiger partial charge < -0.3 is 0 Å². The molecular weight excluding hydrogens is 486 g/mol. The Balaban J connectivity index is 1.50. The second kappa shape index (κ2) is 12.2. The number of benzene rings is 3. The first kappa shape index (κ1) is 27.3. The van der Waals surface area contributed by atoms with E-state index in [1.807, 2.05) is 0 Å². The van der Waals surface area contributed by atoms with Crippen molar-refractivity contribution in [2.24, 2.45) is 5.92 Å². The van der Waals surface area contributed by atoms with E-state index < -0.39 is 34.9 Å². The summed E-state index contributed by atoms with van der Waals surface area (Å²) in [5.74, 6) is -3.00. The van der Waals surface area contributed by atoms with Gasteiger partial charge in [0.2, 0.25) is 0 Å². The summed E-state index contributed by atoms with van der Waals surface area (Å²) in [4.78, 5) is 0. The van der Waals surface area contributed by atoms with Gasteiger partial charge in [0.05, 0.1) is 11.1 Å². The third-order valence-corrected chi connectivity index (χ3v) is 7.70. The van der Waals surface area contributed by atoms with Gasteiger partial charge in [-0.25, -0.2) is 17.6 Å². The van der Waals surface area contributed by atoms with Crippen LogP contribution in [-0.2, 0) is 0 Å². The third kappa shape index (κ3) is 6.39. The number of halogens is 6. The summed E-state index contributed by atoms with van der Waals surface area (Å²) in [6, 6.07) is 7.45. The number of rotatable bonds is 9. The highest BCUT2D eigenvalue weighted by Crippen LogP contribution is 2.40. The first-order valence-corrected chi connectivity index (χ1v) is 13.2. The van der Waals surface area contributed by atoms with Crippen LogP contribution in [0, 0.1) is 29.2 Å². The summed E-state index contributed by atoms with van der Waals surface area (Å²) in [5, 5.41) is -0.0861. The lowest BCUT2D eigenvalue weighted by atomic mass is 9.76. The van der Waals surface area contributed by atoms with Crippen molar-refractivity contribution in [3.63, 3.8) is 0 Å². The molecule has 4 rings (SSSR count). The van der Waals surface area contributed by atoms with Gasteiger partial charge in [-0.3, -0.25) is 0 Å². The minimum absolute atomic E-state index is 0.0276. The van der Waals surface area contributed by atoms with Gasteiger partial charge in [-0.05, 0) is 78.3 Å². The number of unbranched alkanes of at least 4 members (excludes halogenated alkanes) is 4. The summed E-state index contributed by atoms with van der Waals surface area (Å²) in [5.41, 5.74) is -0.360. The fourth-order valence-corrected chi connectivity index (χ4v) is 5.67. The molecule has 1 aliphatic carbocycles. The minimum Gasteiger partial charge on any atom is -0.206 e. The average molecular weight is 519 g/mol. The Labute approximate surface area is 214 Å². The van der Waals surface area contributed by atoms with Crippen molar-refractivity contribution in [3.8, 4) is 11.1 Å². The van der Waals surface area contributed by atoms with Crippen LogP contribution in [-0.4, -0.2) is 0 Å². The summed E-state index contributed by atoms with van der Waals surface area (Å²) in [6.45, 7) is 2.21. The molecule has 37 heavy (non-hydrogen) atoms. The molecule has 0 amide bonds. The van der Waals surface area contributed by atoms with Crippen LogP contribution in [0.3, 0.4) is 0 Å². The molecule has 0 radical (unpaired) electrons. The molecule has 0 N–H and O–H groups in total. The topological polar surface area (TPSA) is 0 Å². The van der Waals surface area contributed by atoms with Crippen LogP contribution < -0.4 is 0 Å². The van der Waals surface area contributed by atoms with Gasteiger partial charge >= 0.3 is 0 Å². The maximum atomic E-state index is 15.2. The predicted molar refractivity (Wildman–Crippen MR) is 137 cm³/mol. The molecule has 0 nitrogen and oxygen atoms in total. The van der Waals surface area contributed by atoms with Crippen molar-refractivity contribution < 1.29 is 26.3 Å². The smallest absolute Gasteiger partial charge is 0.206 e. The molecule has 1 aliphatic rings. The van der Waals surface area contributed by atoms with E-state index in [1.165, 1.54) is 68.9 Å². The van der Waals surface area contributed by atoms with Crippen molar-refractivity contribution in [2.45, 2.75) is 77.0 Å². The summed E-state index contributed by atoms with van der Waals surface area (Å²) in [6.07, 6.45) is 9.38. The fourth-order valence-electron chi connectivity index (χ4n) is 5.67. The van der Waals surface area contributed by atoms with Gasteiger partial charge in [0, 0.05) is 11.5 Å². The minimum atomic E-state index is -2.23. The standard InChI is InChI=1S/C31H32F6/c1-2-3-4-5-6-7-19-8-10-20(11-9-19)22-15-27(33)30(28(34)16-22)21-12-13-24-23(14-21)17-26(32)25(31(24)37)18-29(35)36/h12-20H,2-11H2,1H3. The maximum Gasteiger partial charge on any atom is 0.271 e. The molecule has 0 unspecified atom stereocenters. The number of hydrogen-bond donors (Lipinski definition) is 0. The monoisotopic (exact) mass is 518 g/mol. The lowest BCUT2D eigenvalue weighted by molar-refractivity contribution is 0.301. The molecule has 0 spiro atoms. The van der Waals surface area contributed by atoms with Crippen LogP contribution in [0.25, 0.3) is 28.0 Å². The largest absolute Gasteiger partial charge is 0.271 e. The Morgan fingerprint density at radius 3 is 2.14 bits per heavy atom. The highest BCUT2D eigenvalue weighted by Gasteiger charge is 2.25. The van der Waals surface area contributed by atoms with E-state index in [1.54, 1.807) is 0 Å². The van der Waals surface area contributed by atoms with Crippen LogP contribution >= 0.6 is 0 Å². The zero-order valence-corrected chi connectivity index (χ0v) is 21.0. The lowest BCUT2D eigenvalue weighted by Gasteiger charge is -2.29. The van der Waals surface area contributed by atoms with Crippen LogP contribution in [0.15, 0.2) is 42.5 Å². The number of hydrogen-bond acceptors (Lipinski definition) is 0. The zero-order valence-electron chi connectivity index (χ0n) is 21.0. The van der Waals surface area contributed by atoms with E-state index in [0.29, 0.717) is 11.5 Å². The Bertz CT molecular complexity index is 1240. The molecule has 0 aliphatic heterocycles. The number of fused-ring (bicyclic) bond motifs is 1. The predicted octanol–water partition coefficient (Wildman–Crippen LogP) is 10.9. The molecule has 198 valence electrons. The molecule has 0 heterocycles. The van der Waals surface area contributed by atoms with Crippen molar-refractivity contribution in [1.82, 2.24) is 0 Å². The summed E-state index contributed by atoms with van der Waals surface area (Å²) in [7, 11) is 0. The summed E-state index contributed by atoms with van der Waals surface area (Å²) >= 11 is 0. The van der Waals surface area contributed by atoms with E-state index in [0.717, 1.165) is 31.7 Å². The average Bonchev–Trinajstić information content (AvgIpc) is 2.86. The first-order valence-electron chi connectivity index (χ1n) is 13.2. The first-order chi connectivity index (χ1) is 17.8. The van der Waals surface area contributed by atoms with E-state index in [2.05, 4.69) is 6.92 Å². The molecular formula is C31H32F6. The quantitative estimate of drug-likeness (QED) is 0.195. The van der Waals surface area contributed by atoms with Gasteiger partial charge in [-0.1, -0.05) is 57.6 Å². The summed E-state index contributed by atoms with van der Waals surface area (Å²) < 4.78 is 84.4. The SMILES string of the molecule is CCCCCCCC1CCC(c2cc(F)c(-c3ccc4c(F)c(C=C(F)F)c(F)cc4c3)c(F)c2)CC1. The highest BCUT2D eigenvalue weighted by atomic mass is 19.3. The van der Waals surface area contributed by atoms with Gasteiger partial charge in [0.15, 0.2) is 0 Å². The molecule has 1 fully saturated rings. The molecule has 3 aromatic rings. The van der Waals surface area contributed by atoms with Gasteiger partial charge in [-0.2, -0.15) is 8.78 Å². The van der Waals surface area contributed by atoms with Crippen LogP contribution in [0.2, 0.25) is 0 Å². The molecule has 0 saturated heterocycles. The molecule has 0 atom stereocenters. The fraction of sp³-hybridized carbons (Fsp3) is 0.419. The molecule has 0 bridgehead atoms. The van der Waals surface area contributed by atoms with Crippen LogP contribution in [0.1, 0.15) is 88.2 Å². The van der Waals surface area contributed by atoms with Crippen molar-refractivity contribution in [3.05, 3.63) is 76.9 Å². The van der Waals surface area contributed by atoms with E-state index in [-0.39, 0.29) is 33.9 Å². The Morgan fingerprint density at radius 1 is 0.811 bits per heavy atom. The molecule has 3 aromatic carbocycles. The molecule has 0 aromatic heterocycles. The highest BCUT2D eigenvalue weighted by molar-refractivity contribution is 5.90. The molecule has 6 heteroatoms. The normalized spacial score (nSPS) is 17.8. The van der Waals surface area contributed by atoms with Gasteiger partial charge in [0.25, 0.3) is 6.08 Å². The second-order valence-electron chi connectivity index (χ2n) is 10.2. The Hall–Kier alpha value is -2.76. The van der Waals surface area contributed by atoms with E-state index in [9.17, 15) is 17.6 Å². The van der Waals surface area contributed by atoms with Crippen molar-refractivity contribution in [2.75, 3.05) is 0 Å². The van der Waals surface area contributed by atoms with Crippen LogP contribution in [0.5, 0.6) is 0 Å². The third-order valence-electron chi connectivity index (χ3n) is 7.70. The van der Waals surface area contributed by atoms with Gasteiger partial charge in [-0.15, -0.1) is 0 Å². The zero-order chi connectivity index (χ0) is 26.5. The van der Waals surface area contributed by atoms with E-state index >= 15 is 8.78 Å². The van der Waals surface area contributed by atoms with Crippen molar-refractivity contribution in [1.29, 1.82) is 0 Å². The lowest BCUT2D eigenvalue weighted by Crippen LogP contribution is -2.14. The maximum absolute atomic E-state index is 15.2. The van der Waals surface area contributed by atoms with E-state index in [4.69, 9.17) is 0 Å².